The van der Waals surface area contributed by atoms with Crippen LogP contribution in [0.25, 0.3) is 0 Å². The van der Waals surface area contributed by atoms with Gasteiger partial charge in [0, 0.05) is 24.3 Å². The molecule has 17 nitrogen and oxygen atoms in total. The molecule has 0 spiro atoms. The van der Waals surface area contributed by atoms with Gasteiger partial charge in [0.25, 0.3) is 23.6 Å². The summed E-state index contributed by atoms with van der Waals surface area (Å²) < 4.78 is 59.7. The largest absolute Gasteiger partial charge is 0.377 e. The molecular formula is C32H52N2O15. The maximum absolute atomic E-state index is 11.4. The van der Waals surface area contributed by atoms with Crippen LogP contribution in [0.3, 0.4) is 0 Å². The van der Waals surface area contributed by atoms with Gasteiger partial charge in [0.2, 0.25) is 0 Å². The van der Waals surface area contributed by atoms with Gasteiger partial charge in [-0.2, -0.15) is 0 Å². The fourth-order valence-electron chi connectivity index (χ4n) is 3.92. The third-order valence-electron chi connectivity index (χ3n) is 6.44. The zero-order valence-corrected chi connectivity index (χ0v) is 28.3. The van der Waals surface area contributed by atoms with Gasteiger partial charge in [-0.15, -0.1) is 0 Å². The van der Waals surface area contributed by atoms with Gasteiger partial charge in [-0.25, -0.2) is 0 Å². The van der Waals surface area contributed by atoms with Gasteiger partial charge in [-0.3, -0.25) is 29.0 Å². The van der Waals surface area contributed by atoms with E-state index in [1.165, 1.54) is 24.3 Å². The number of nitrogens with zero attached hydrogens (tertiary/aromatic N) is 2. The molecule has 4 amide bonds. The summed E-state index contributed by atoms with van der Waals surface area (Å²) in [7, 11) is 0. The Morgan fingerprint density at radius 2 is 0.408 bits per heavy atom. The van der Waals surface area contributed by atoms with Gasteiger partial charge in [0.05, 0.1) is 158 Å². The standard InChI is InChI=1S/C32H52N2O15/c35-29-1-2-30(36)33(29)5-7-39-9-11-41-13-15-43-17-19-45-21-23-47-25-27-49-28-26-48-24-22-46-20-18-44-16-14-42-12-10-40-8-6-34-31(37)3-4-32(34)38/h1-4H,5-28H2. The van der Waals surface area contributed by atoms with Crippen molar-refractivity contribution in [2.75, 3.05) is 158 Å². The summed E-state index contributed by atoms with van der Waals surface area (Å²) in [5.41, 5.74) is 0. The van der Waals surface area contributed by atoms with E-state index in [-0.39, 0.29) is 49.9 Å². The van der Waals surface area contributed by atoms with Crippen LogP contribution in [0.15, 0.2) is 24.3 Å². The Morgan fingerprint density at radius 3 is 0.571 bits per heavy atom. The second-order valence-corrected chi connectivity index (χ2v) is 10.1. The van der Waals surface area contributed by atoms with Crippen LogP contribution in [-0.2, 0) is 71.3 Å². The van der Waals surface area contributed by atoms with E-state index in [1.54, 1.807) is 0 Å². The summed E-state index contributed by atoms with van der Waals surface area (Å²) >= 11 is 0. The first-order valence-corrected chi connectivity index (χ1v) is 16.5. The third kappa shape index (κ3) is 22.6. The van der Waals surface area contributed by atoms with Crippen molar-refractivity contribution in [1.29, 1.82) is 0 Å². The van der Waals surface area contributed by atoms with E-state index in [1.807, 2.05) is 0 Å². The van der Waals surface area contributed by atoms with E-state index in [4.69, 9.17) is 52.1 Å². The van der Waals surface area contributed by atoms with Crippen molar-refractivity contribution in [3.8, 4) is 0 Å². The van der Waals surface area contributed by atoms with Crippen molar-refractivity contribution in [2.24, 2.45) is 0 Å². The molecule has 2 rings (SSSR count). The lowest BCUT2D eigenvalue weighted by molar-refractivity contribution is -0.139. The highest BCUT2D eigenvalue weighted by Crippen LogP contribution is 2.03. The molecule has 0 radical (unpaired) electrons. The van der Waals surface area contributed by atoms with Crippen LogP contribution in [0, 0.1) is 0 Å². The van der Waals surface area contributed by atoms with Gasteiger partial charge in [-0.05, 0) is 0 Å². The summed E-state index contributed by atoms with van der Waals surface area (Å²) in [4.78, 5) is 47.9. The lowest BCUT2D eigenvalue weighted by Gasteiger charge is -2.13. The second kappa shape index (κ2) is 30.2. The van der Waals surface area contributed by atoms with Crippen molar-refractivity contribution in [3.63, 3.8) is 0 Å². The highest BCUT2D eigenvalue weighted by Gasteiger charge is 2.23. The Kier molecular flexibility index (Phi) is 26.2. The van der Waals surface area contributed by atoms with Crippen molar-refractivity contribution in [2.45, 2.75) is 0 Å². The first kappa shape index (κ1) is 42.5. The number of hydrogen-bond acceptors (Lipinski definition) is 15. The van der Waals surface area contributed by atoms with E-state index in [2.05, 4.69) is 0 Å². The quantitative estimate of drug-likeness (QED) is 0.0574. The fourth-order valence-corrected chi connectivity index (χ4v) is 3.92. The van der Waals surface area contributed by atoms with Gasteiger partial charge in [0.15, 0.2) is 0 Å². The molecule has 0 aromatic carbocycles. The molecule has 0 bridgehead atoms. The van der Waals surface area contributed by atoms with E-state index in [0.29, 0.717) is 132 Å². The van der Waals surface area contributed by atoms with Crippen molar-refractivity contribution in [1.82, 2.24) is 9.80 Å². The normalized spacial score (nSPS) is 14.4. The first-order chi connectivity index (χ1) is 24.1. The summed E-state index contributed by atoms with van der Waals surface area (Å²) in [6.45, 7) is 9.89. The zero-order valence-electron chi connectivity index (χ0n) is 28.3. The minimum Gasteiger partial charge on any atom is -0.377 e. The number of hydrogen-bond donors (Lipinski definition) is 0. The predicted molar refractivity (Wildman–Crippen MR) is 171 cm³/mol. The third-order valence-corrected chi connectivity index (χ3v) is 6.44. The van der Waals surface area contributed by atoms with Crippen LogP contribution < -0.4 is 0 Å². The molecule has 0 saturated heterocycles. The molecule has 17 heteroatoms. The van der Waals surface area contributed by atoms with Gasteiger partial charge in [-0.1, -0.05) is 0 Å². The molecule has 0 aliphatic carbocycles. The summed E-state index contributed by atoms with van der Waals surface area (Å²) in [6.07, 6.45) is 5.00. The highest BCUT2D eigenvalue weighted by molar-refractivity contribution is 6.13. The first-order valence-electron chi connectivity index (χ1n) is 16.5. The molecule has 0 N–H and O–H groups in total. The van der Waals surface area contributed by atoms with Crippen LogP contribution >= 0.6 is 0 Å². The van der Waals surface area contributed by atoms with Gasteiger partial charge < -0.3 is 52.1 Å². The maximum atomic E-state index is 11.4. The summed E-state index contributed by atoms with van der Waals surface area (Å²) in [6, 6.07) is 0. The molecule has 0 fully saturated rings. The van der Waals surface area contributed by atoms with E-state index < -0.39 is 0 Å². The fraction of sp³-hybridized carbons (Fsp3) is 0.750. The molecule has 2 aliphatic heterocycles. The molecule has 49 heavy (non-hydrogen) atoms. The number of carbonyl (C=O) groups is 4. The topological polar surface area (TPSA) is 176 Å². The number of amides is 4. The molecule has 2 aliphatic rings. The molecule has 0 atom stereocenters. The average Bonchev–Trinajstić information content (AvgIpc) is 3.60. The molecule has 280 valence electrons. The van der Waals surface area contributed by atoms with E-state index in [9.17, 15) is 19.2 Å². The van der Waals surface area contributed by atoms with Gasteiger partial charge >= 0.3 is 0 Å². The molecular weight excluding hydrogens is 652 g/mol. The minimum absolute atomic E-state index is 0.233. The van der Waals surface area contributed by atoms with E-state index in [0.717, 1.165) is 9.80 Å². The number of imide groups is 2. The minimum atomic E-state index is -0.312. The summed E-state index contributed by atoms with van der Waals surface area (Å²) in [5.74, 6) is -1.25. The lowest BCUT2D eigenvalue weighted by atomic mass is 10.5. The molecule has 0 unspecified atom stereocenters. The van der Waals surface area contributed by atoms with Crippen LogP contribution in [0.1, 0.15) is 0 Å². The SMILES string of the molecule is O=C1C=CC(=O)N1CCOCCOCCOCCOCCOCCOCCOCCOCCOCCOCCOCCN1C(=O)C=CC1=O. The van der Waals surface area contributed by atoms with Crippen molar-refractivity contribution >= 4 is 23.6 Å². The Bertz CT molecular complexity index is 855. The monoisotopic (exact) mass is 704 g/mol. The Morgan fingerprint density at radius 1 is 0.265 bits per heavy atom. The van der Waals surface area contributed by atoms with Crippen molar-refractivity contribution in [3.05, 3.63) is 24.3 Å². The van der Waals surface area contributed by atoms with Crippen LogP contribution in [-0.4, -0.2) is 192 Å². The number of ether oxygens (including phenoxy) is 11. The lowest BCUT2D eigenvalue weighted by Crippen LogP contribution is -2.33. The van der Waals surface area contributed by atoms with Gasteiger partial charge in [0.1, 0.15) is 0 Å². The molecule has 2 heterocycles. The Labute approximate surface area is 287 Å². The van der Waals surface area contributed by atoms with Crippen LogP contribution in [0.2, 0.25) is 0 Å². The van der Waals surface area contributed by atoms with Crippen LogP contribution in [0.5, 0.6) is 0 Å². The van der Waals surface area contributed by atoms with E-state index >= 15 is 0 Å². The average molecular weight is 705 g/mol. The Hall–Kier alpha value is -2.68. The Balaban J connectivity index is 1.14. The predicted octanol–water partition coefficient (Wildman–Crippen LogP) is -0.981. The zero-order chi connectivity index (χ0) is 35.0. The summed E-state index contributed by atoms with van der Waals surface area (Å²) in [5, 5.41) is 0. The van der Waals surface area contributed by atoms with Crippen LogP contribution in [0.4, 0.5) is 0 Å². The highest BCUT2D eigenvalue weighted by atomic mass is 16.6. The number of carbonyl (C=O) groups excluding carboxylic acids is 4. The van der Waals surface area contributed by atoms with Crippen molar-refractivity contribution < 1.29 is 71.3 Å². The smallest absolute Gasteiger partial charge is 0.253 e. The number of rotatable bonds is 36. The maximum Gasteiger partial charge on any atom is 0.253 e. The molecule has 0 aromatic rings. The second-order valence-electron chi connectivity index (χ2n) is 10.1. The molecule has 0 aromatic heterocycles. The molecule has 0 saturated carbocycles.